The molecule has 0 heterocycles. The number of hydrogen-bond acceptors (Lipinski definition) is 4. The molecule has 21 heavy (non-hydrogen) atoms. The van der Waals surface area contributed by atoms with E-state index in [2.05, 4.69) is 15.9 Å². The van der Waals surface area contributed by atoms with Gasteiger partial charge in [-0.15, -0.1) is 0 Å². The highest BCUT2D eigenvalue weighted by Crippen LogP contribution is 2.32. The lowest BCUT2D eigenvalue weighted by Crippen LogP contribution is -2.33. The smallest absolute Gasteiger partial charge is 0.150 e. The van der Waals surface area contributed by atoms with Gasteiger partial charge in [0.05, 0.1) is 17.5 Å². The molecule has 1 aliphatic carbocycles. The minimum Gasteiger partial charge on any atom is -0.490 e. The highest BCUT2D eigenvalue weighted by atomic mass is 79.9. The van der Waals surface area contributed by atoms with Gasteiger partial charge >= 0.3 is 0 Å². The molecule has 1 saturated carbocycles. The largest absolute Gasteiger partial charge is 0.490 e. The van der Waals surface area contributed by atoms with E-state index in [4.69, 9.17) is 4.74 Å². The summed E-state index contributed by atoms with van der Waals surface area (Å²) in [7, 11) is -3.02. The monoisotopic (exact) mass is 376 g/mol. The summed E-state index contributed by atoms with van der Waals surface area (Å²) in [6.07, 6.45) is 3.48. The second-order valence-electron chi connectivity index (χ2n) is 5.72. The number of aliphatic hydroxyl groups is 1. The van der Waals surface area contributed by atoms with Gasteiger partial charge in [-0.2, -0.15) is 0 Å². The first kappa shape index (κ1) is 16.8. The Morgan fingerprint density at radius 1 is 1.38 bits per heavy atom. The number of aliphatic hydroxyl groups excluding tert-OH is 1. The topological polar surface area (TPSA) is 63.6 Å². The van der Waals surface area contributed by atoms with E-state index < -0.39 is 15.9 Å². The average molecular weight is 377 g/mol. The molecule has 1 aliphatic rings. The molecule has 1 N–H and O–H groups in total. The van der Waals surface area contributed by atoms with Crippen molar-refractivity contribution in [2.45, 2.75) is 50.1 Å². The van der Waals surface area contributed by atoms with Gasteiger partial charge in [0.1, 0.15) is 15.6 Å². The summed E-state index contributed by atoms with van der Waals surface area (Å²) in [6, 6.07) is 5.51. The van der Waals surface area contributed by atoms with Crippen LogP contribution in [0.5, 0.6) is 5.75 Å². The van der Waals surface area contributed by atoms with E-state index in [1.807, 2.05) is 18.2 Å². The van der Waals surface area contributed by atoms with Crippen molar-refractivity contribution < 1.29 is 18.3 Å². The summed E-state index contributed by atoms with van der Waals surface area (Å²) < 4.78 is 30.3. The predicted octanol–water partition coefficient (Wildman–Crippen LogP) is 3.24. The van der Waals surface area contributed by atoms with Crippen LogP contribution in [0.25, 0.3) is 0 Å². The molecule has 4 nitrogen and oxygen atoms in total. The molecule has 0 spiro atoms. The molecule has 0 aromatic heterocycles. The predicted molar refractivity (Wildman–Crippen MR) is 86.3 cm³/mol. The van der Waals surface area contributed by atoms with Gasteiger partial charge in [0.25, 0.3) is 0 Å². The third kappa shape index (κ3) is 4.44. The lowest BCUT2D eigenvalue weighted by Gasteiger charge is -2.29. The van der Waals surface area contributed by atoms with Crippen LogP contribution in [0.4, 0.5) is 0 Å². The van der Waals surface area contributed by atoms with E-state index in [1.165, 1.54) is 6.26 Å². The third-order valence-corrected chi connectivity index (χ3v) is 6.03. The quantitative estimate of drug-likeness (QED) is 0.875. The van der Waals surface area contributed by atoms with Crippen LogP contribution in [0.3, 0.4) is 0 Å². The van der Waals surface area contributed by atoms with Crippen LogP contribution in [-0.4, -0.2) is 31.1 Å². The molecule has 6 heteroatoms. The van der Waals surface area contributed by atoms with Crippen LogP contribution >= 0.6 is 15.9 Å². The van der Waals surface area contributed by atoms with Crippen molar-refractivity contribution in [2.24, 2.45) is 0 Å². The van der Waals surface area contributed by atoms with Crippen molar-refractivity contribution in [1.82, 2.24) is 0 Å². The Kier molecular flexibility index (Phi) is 5.33. The van der Waals surface area contributed by atoms with Crippen LogP contribution < -0.4 is 4.74 Å². The van der Waals surface area contributed by atoms with Crippen molar-refractivity contribution in [3.05, 3.63) is 28.2 Å². The Bertz CT molecular complexity index is 598. The molecule has 0 aliphatic heterocycles. The maximum absolute atomic E-state index is 11.7. The highest BCUT2D eigenvalue weighted by Gasteiger charge is 2.30. The van der Waals surface area contributed by atoms with Gasteiger partial charge in [-0.1, -0.05) is 15.9 Å². The van der Waals surface area contributed by atoms with Crippen molar-refractivity contribution in [3.8, 4) is 5.75 Å². The Labute approximate surface area is 134 Å². The number of benzene rings is 1. The lowest BCUT2D eigenvalue weighted by molar-refractivity contribution is 0.143. The maximum Gasteiger partial charge on any atom is 0.150 e. The summed E-state index contributed by atoms with van der Waals surface area (Å²) in [6.45, 7) is 1.69. The standard InChI is InChI=1S/C15H21BrO4S/c1-10(17)14-8-11(16)6-7-15(14)20-12-4-3-5-13(9-12)21(2,18)19/h6-8,10,12-13,17H,3-5,9H2,1-2H3/t10-,12?,13?/m1/s1. The van der Waals surface area contributed by atoms with Gasteiger partial charge in [0.15, 0.2) is 0 Å². The van der Waals surface area contributed by atoms with Gasteiger partial charge in [0, 0.05) is 22.7 Å². The Morgan fingerprint density at radius 3 is 2.71 bits per heavy atom. The molecule has 2 rings (SSSR count). The van der Waals surface area contributed by atoms with E-state index in [0.29, 0.717) is 24.2 Å². The molecule has 2 unspecified atom stereocenters. The van der Waals surface area contributed by atoms with Crippen LogP contribution in [0.15, 0.2) is 22.7 Å². The van der Waals surface area contributed by atoms with Gasteiger partial charge in [-0.3, -0.25) is 0 Å². The van der Waals surface area contributed by atoms with E-state index in [-0.39, 0.29) is 11.4 Å². The molecule has 118 valence electrons. The number of sulfone groups is 1. The van der Waals surface area contributed by atoms with Crippen LogP contribution in [0.2, 0.25) is 0 Å². The van der Waals surface area contributed by atoms with Gasteiger partial charge in [0.2, 0.25) is 0 Å². The first-order valence-electron chi connectivity index (χ1n) is 7.10. The third-order valence-electron chi connectivity index (χ3n) is 3.90. The SMILES string of the molecule is C[C@@H](O)c1cc(Br)ccc1OC1CCCC(S(C)(=O)=O)C1. The minimum absolute atomic E-state index is 0.114. The van der Waals surface area contributed by atoms with Gasteiger partial charge in [-0.25, -0.2) is 8.42 Å². The molecule has 0 saturated heterocycles. The fourth-order valence-electron chi connectivity index (χ4n) is 2.73. The fourth-order valence-corrected chi connectivity index (χ4v) is 4.27. The summed E-state index contributed by atoms with van der Waals surface area (Å²) in [5, 5.41) is 9.53. The molecule has 1 aromatic carbocycles. The minimum atomic E-state index is -3.02. The van der Waals surface area contributed by atoms with Gasteiger partial charge in [-0.05, 0) is 44.4 Å². The summed E-state index contributed by atoms with van der Waals surface area (Å²) in [4.78, 5) is 0. The summed E-state index contributed by atoms with van der Waals surface area (Å²) in [5.41, 5.74) is 0.714. The molecule has 1 aromatic rings. The van der Waals surface area contributed by atoms with Crippen LogP contribution in [-0.2, 0) is 9.84 Å². The number of ether oxygens (including phenoxy) is 1. The second kappa shape index (κ2) is 6.67. The molecule has 0 radical (unpaired) electrons. The molecule has 3 atom stereocenters. The highest BCUT2D eigenvalue weighted by molar-refractivity contribution is 9.10. The molecular weight excluding hydrogens is 356 g/mol. The van der Waals surface area contributed by atoms with Crippen molar-refractivity contribution in [2.75, 3.05) is 6.26 Å². The zero-order chi connectivity index (χ0) is 15.6. The zero-order valence-corrected chi connectivity index (χ0v) is 14.7. The van der Waals surface area contributed by atoms with E-state index in [0.717, 1.165) is 17.3 Å². The van der Waals surface area contributed by atoms with Crippen molar-refractivity contribution in [1.29, 1.82) is 0 Å². The van der Waals surface area contributed by atoms with E-state index >= 15 is 0 Å². The Morgan fingerprint density at radius 2 is 2.10 bits per heavy atom. The van der Waals surface area contributed by atoms with E-state index in [1.54, 1.807) is 6.92 Å². The first-order chi connectivity index (χ1) is 9.77. The lowest BCUT2D eigenvalue weighted by atomic mass is 9.97. The van der Waals surface area contributed by atoms with Gasteiger partial charge < -0.3 is 9.84 Å². The maximum atomic E-state index is 11.7. The normalized spacial score (nSPS) is 24.6. The second-order valence-corrected chi connectivity index (χ2v) is 8.96. The van der Waals surface area contributed by atoms with Crippen LogP contribution in [0.1, 0.15) is 44.3 Å². The summed E-state index contributed by atoms with van der Waals surface area (Å²) >= 11 is 3.38. The number of halogens is 1. The molecule has 1 fully saturated rings. The summed E-state index contributed by atoms with van der Waals surface area (Å²) in [5.74, 6) is 0.632. The van der Waals surface area contributed by atoms with E-state index in [9.17, 15) is 13.5 Å². The first-order valence-corrected chi connectivity index (χ1v) is 9.85. The average Bonchev–Trinajstić information content (AvgIpc) is 2.40. The van der Waals surface area contributed by atoms with Crippen molar-refractivity contribution in [3.63, 3.8) is 0 Å². The Hall–Kier alpha value is -0.590. The number of rotatable bonds is 4. The molecule has 0 amide bonds. The Balaban J connectivity index is 2.15. The zero-order valence-electron chi connectivity index (χ0n) is 12.3. The molecular formula is C15H21BrO4S. The number of hydrogen-bond donors (Lipinski definition) is 1. The molecule has 0 bridgehead atoms. The fraction of sp³-hybridized carbons (Fsp3) is 0.600. The van der Waals surface area contributed by atoms with Crippen molar-refractivity contribution >= 4 is 25.8 Å². The van der Waals surface area contributed by atoms with Crippen LogP contribution in [0, 0.1) is 0 Å².